The van der Waals surface area contributed by atoms with Crippen molar-refractivity contribution in [3.63, 3.8) is 0 Å². The van der Waals surface area contributed by atoms with Gasteiger partial charge in [0, 0.05) is 58.6 Å². The van der Waals surface area contributed by atoms with Gasteiger partial charge in [0.1, 0.15) is 11.2 Å². The van der Waals surface area contributed by atoms with Crippen LogP contribution >= 0.6 is 11.3 Å². The van der Waals surface area contributed by atoms with Crippen LogP contribution in [0.5, 0.6) is 0 Å². The molecule has 0 spiro atoms. The summed E-state index contributed by atoms with van der Waals surface area (Å²) < 4.78 is 9.39. The number of hydrogen-bond acceptors (Lipinski definition) is 5. The van der Waals surface area contributed by atoms with Gasteiger partial charge in [-0.3, -0.25) is 0 Å². The van der Waals surface area contributed by atoms with Gasteiger partial charge in [0.2, 0.25) is 0 Å². The zero-order chi connectivity index (χ0) is 31.6. The van der Waals surface area contributed by atoms with Gasteiger partial charge in [-0.05, 0) is 41.3 Å². The molecule has 0 aliphatic carbocycles. The van der Waals surface area contributed by atoms with Crippen LogP contribution in [0.2, 0.25) is 0 Å². The zero-order valence-electron chi connectivity index (χ0n) is 25.6. The van der Waals surface area contributed by atoms with Crippen molar-refractivity contribution in [2.75, 3.05) is 0 Å². The third-order valence-electron chi connectivity index (χ3n) is 9.14. The van der Waals surface area contributed by atoms with E-state index in [1.807, 2.05) is 84.1 Å². The van der Waals surface area contributed by atoms with Crippen LogP contribution in [0.3, 0.4) is 0 Å². The van der Waals surface area contributed by atoms with Crippen molar-refractivity contribution in [3.8, 4) is 45.3 Å². The lowest BCUT2D eigenvalue weighted by Gasteiger charge is -2.12. The van der Waals surface area contributed by atoms with E-state index in [1.54, 1.807) is 0 Å². The molecule has 0 atom stereocenters. The molecule has 0 amide bonds. The van der Waals surface area contributed by atoms with E-state index in [1.165, 1.54) is 30.9 Å². The topological polar surface area (TPSA) is 51.8 Å². The molecular formula is C43H25N3OS. The fourth-order valence-corrected chi connectivity index (χ4v) is 8.15. The molecule has 10 rings (SSSR count). The van der Waals surface area contributed by atoms with Crippen LogP contribution in [0.1, 0.15) is 0 Å². The van der Waals surface area contributed by atoms with Crippen LogP contribution in [0.15, 0.2) is 156 Å². The maximum Gasteiger partial charge on any atom is 0.164 e. The lowest BCUT2D eigenvalue weighted by molar-refractivity contribution is 0.670. The summed E-state index contributed by atoms with van der Waals surface area (Å²) in [5.41, 5.74) is 6.61. The van der Waals surface area contributed by atoms with Crippen LogP contribution < -0.4 is 0 Å². The Bertz CT molecular complexity index is 2780. The van der Waals surface area contributed by atoms with Crippen molar-refractivity contribution in [2.45, 2.75) is 0 Å². The van der Waals surface area contributed by atoms with Crippen LogP contribution in [0.25, 0.3) is 98.2 Å². The van der Waals surface area contributed by atoms with E-state index in [9.17, 15) is 0 Å². The molecule has 0 saturated heterocycles. The first-order valence-electron chi connectivity index (χ1n) is 15.9. The van der Waals surface area contributed by atoms with Gasteiger partial charge < -0.3 is 4.42 Å². The fourth-order valence-electron chi connectivity index (χ4n) is 6.93. The molecular weight excluding hydrogens is 607 g/mol. The Morgan fingerprint density at radius 3 is 1.71 bits per heavy atom. The minimum absolute atomic E-state index is 0.606. The Hall–Kier alpha value is -6.17. The molecule has 3 heterocycles. The molecule has 10 aromatic rings. The van der Waals surface area contributed by atoms with Crippen molar-refractivity contribution in [1.29, 1.82) is 0 Å². The minimum atomic E-state index is 0.606. The highest BCUT2D eigenvalue weighted by Gasteiger charge is 2.22. The largest absolute Gasteiger partial charge is 0.455 e. The van der Waals surface area contributed by atoms with Gasteiger partial charge >= 0.3 is 0 Å². The standard InChI is InChI=1S/C43H25N3OS/c1-3-13-26(14-4-1)41-44-42(27-15-5-2-6-16-27)46-43(45-41)33-24-23-30(39-38(33)32-20-9-11-21-36(32)47-39)34-25-35-29-18-10-12-22-37(29)48-40(35)31-19-8-7-17-28(31)34/h1-25H. The van der Waals surface area contributed by atoms with Gasteiger partial charge in [0.05, 0.1) is 0 Å². The Morgan fingerprint density at radius 2 is 0.979 bits per heavy atom. The number of rotatable bonds is 4. The van der Waals surface area contributed by atoms with Crippen LogP contribution in [-0.4, -0.2) is 15.0 Å². The smallest absolute Gasteiger partial charge is 0.164 e. The summed E-state index contributed by atoms with van der Waals surface area (Å²) in [7, 11) is 0. The number of para-hydroxylation sites is 1. The van der Waals surface area contributed by atoms with E-state index in [4.69, 9.17) is 19.4 Å². The number of benzene rings is 7. The van der Waals surface area contributed by atoms with Gasteiger partial charge in [0.15, 0.2) is 17.5 Å². The molecule has 0 bridgehead atoms. The predicted octanol–water partition coefficient (Wildman–Crippen LogP) is 12.0. The van der Waals surface area contributed by atoms with Crippen molar-refractivity contribution in [1.82, 2.24) is 15.0 Å². The average Bonchev–Trinajstić information content (AvgIpc) is 3.74. The Balaban J connectivity index is 1.29. The lowest BCUT2D eigenvalue weighted by atomic mass is 9.93. The first-order valence-corrected chi connectivity index (χ1v) is 16.8. The van der Waals surface area contributed by atoms with Gasteiger partial charge in [-0.25, -0.2) is 15.0 Å². The Kier molecular flexibility index (Phi) is 6.01. The number of fused-ring (bicyclic) bond motifs is 8. The van der Waals surface area contributed by atoms with Crippen LogP contribution in [0.4, 0.5) is 0 Å². The molecule has 5 heteroatoms. The van der Waals surface area contributed by atoms with Crippen LogP contribution in [-0.2, 0) is 0 Å². The summed E-state index contributed by atoms with van der Waals surface area (Å²) in [6, 6.07) is 52.5. The minimum Gasteiger partial charge on any atom is -0.455 e. The number of thiophene rings is 1. The third-order valence-corrected chi connectivity index (χ3v) is 10.4. The number of nitrogens with zero attached hydrogens (tertiary/aromatic N) is 3. The zero-order valence-corrected chi connectivity index (χ0v) is 26.4. The van der Waals surface area contributed by atoms with E-state index in [0.717, 1.165) is 49.8 Å². The summed E-state index contributed by atoms with van der Waals surface area (Å²) in [6.45, 7) is 0. The van der Waals surface area contributed by atoms with E-state index >= 15 is 0 Å². The molecule has 4 nitrogen and oxygen atoms in total. The molecule has 0 unspecified atom stereocenters. The molecule has 224 valence electrons. The summed E-state index contributed by atoms with van der Waals surface area (Å²) in [4.78, 5) is 15.1. The summed E-state index contributed by atoms with van der Waals surface area (Å²) in [5.74, 6) is 1.87. The highest BCUT2D eigenvalue weighted by Crippen LogP contribution is 2.46. The Morgan fingerprint density at radius 1 is 0.417 bits per heavy atom. The average molecular weight is 632 g/mol. The van der Waals surface area contributed by atoms with Gasteiger partial charge in [-0.15, -0.1) is 11.3 Å². The predicted molar refractivity (Wildman–Crippen MR) is 199 cm³/mol. The van der Waals surface area contributed by atoms with Gasteiger partial charge in [-0.1, -0.05) is 121 Å². The molecule has 0 saturated carbocycles. The quantitative estimate of drug-likeness (QED) is 0.194. The second-order valence-corrected chi connectivity index (χ2v) is 13.0. The third kappa shape index (κ3) is 4.18. The summed E-state index contributed by atoms with van der Waals surface area (Å²) in [5, 5.41) is 7.00. The highest BCUT2D eigenvalue weighted by molar-refractivity contribution is 7.26. The first kappa shape index (κ1) is 27.0. The van der Waals surface area contributed by atoms with Gasteiger partial charge in [-0.2, -0.15) is 0 Å². The van der Waals surface area contributed by atoms with E-state index in [2.05, 4.69) is 78.9 Å². The molecule has 48 heavy (non-hydrogen) atoms. The maximum atomic E-state index is 6.79. The van der Waals surface area contributed by atoms with Gasteiger partial charge in [0.25, 0.3) is 0 Å². The van der Waals surface area contributed by atoms with Crippen LogP contribution in [0, 0.1) is 0 Å². The fraction of sp³-hybridized carbons (Fsp3) is 0. The molecule has 3 aromatic heterocycles. The maximum absolute atomic E-state index is 6.79. The number of hydrogen-bond donors (Lipinski definition) is 0. The monoisotopic (exact) mass is 631 g/mol. The summed E-state index contributed by atoms with van der Waals surface area (Å²) in [6.07, 6.45) is 0. The van der Waals surface area contributed by atoms with Crippen molar-refractivity contribution in [2.24, 2.45) is 0 Å². The molecule has 0 aliphatic heterocycles. The SMILES string of the molecule is c1ccc(-c2nc(-c3ccccc3)nc(-c3ccc(-c4cc5c6ccccc6sc5c5ccccc45)c4oc5ccccc5c34)n2)cc1. The van der Waals surface area contributed by atoms with Crippen molar-refractivity contribution in [3.05, 3.63) is 152 Å². The number of furan rings is 1. The molecule has 7 aromatic carbocycles. The molecule has 0 radical (unpaired) electrons. The molecule has 0 fully saturated rings. The van der Waals surface area contributed by atoms with Crippen molar-refractivity contribution >= 4 is 64.2 Å². The number of aromatic nitrogens is 3. The normalized spacial score (nSPS) is 11.8. The lowest BCUT2D eigenvalue weighted by Crippen LogP contribution is -2.00. The van der Waals surface area contributed by atoms with Crippen molar-refractivity contribution < 1.29 is 4.42 Å². The van der Waals surface area contributed by atoms with E-state index in [-0.39, 0.29) is 0 Å². The van der Waals surface area contributed by atoms with E-state index < -0.39 is 0 Å². The molecule has 0 aliphatic rings. The van der Waals surface area contributed by atoms with E-state index in [0.29, 0.717) is 17.5 Å². The first-order chi connectivity index (χ1) is 23.8. The Labute approximate surface area is 279 Å². The summed E-state index contributed by atoms with van der Waals surface area (Å²) >= 11 is 1.86. The second-order valence-electron chi connectivity index (χ2n) is 11.9. The second kappa shape index (κ2) is 10.7. The molecule has 0 N–H and O–H groups in total. The highest BCUT2D eigenvalue weighted by atomic mass is 32.1.